The van der Waals surface area contributed by atoms with E-state index in [0.29, 0.717) is 10.4 Å². The van der Waals surface area contributed by atoms with Crippen molar-refractivity contribution in [2.75, 3.05) is 24.2 Å². The second-order valence-corrected chi connectivity index (χ2v) is 10.2. The van der Waals surface area contributed by atoms with Crippen LogP contribution in [0.5, 0.6) is 0 Å². The number of likely N-dealkylation sites (N-methyl/N-ethyl adjacent to an activating group) is 1. The van der Waals surface area contributed by atoms with Gasteiger partial charge < -0.3 is 10.2 Å². The van der Waals surface area contributed by atoms with Crippen LogP contribution in [0.1, 0.15) is 30.0 Å². The Labute approximate surface area is 207 Å². The van der Waals surface area contributed by atoms with Gasteiger partial charge in [0.1, 0.15) is 12.6 Å². The zero-order chi connectivity index (χ0) is 26.6. The van der Waals surface area contributed by atoms with Gasteiger partial charge in [0, 0.05) is 13.6 Å². The smallest absolute Gasteiger partial charge is 0.357 e. The SMILES string of the molecule is CC[C@@H](C(=O)NC)N(Cc1ccccc1C)C(=O)CN(c1cc(C(F)(F)F)ccc1Cl)S(C)(=O)=O. The van der Waals surface area contributed by atoms with Gasteiger partial charge in [-0.25, -0.2) is 8.42 Å². The van der Waals surface area contributed by atoms with Crippen molar-refractivity contribution < 1.29 is 31.2 Å². The lowest BCUT2D eigenvalue weighted by molar-refractivity contribution is -0.140. The molecule has 0 bridgehead atoms. The average Bonchev–Trinajstić information content (AvgIpc) is 2.77. The number of sulfonamides is 1. The van der Waals surface area contributed by atoms with Crippen LogP contribution in [0.3, 0.4) is 0 Å². The predicted molar refractivity (Wildman–Crippen MR) is 129 cm³/mol. The third-order valence-corrected chi connectivity index (χ3v) is 6.90. The Balaban J connectivity index is 2.55. The van der Waals surface area contributed by atoms with E-state index in [4.69, 9.17) is 11.6 Å². The zero-order valence-electron chi connectivity index (χ0n) is 19.7. The summed E-state index contributed by atoms with van der Waals surface area (Å²) in [5, 5.41) is 2.21. The molecule has 0 fully saturated rings. The lowest BCUT2D eigenvalue weighted by Gasteiger charge is -2.33. The molecule has 0 heterocycles. The van der Waals surface area contributed by atoms with E-state index < -0.39 is 51.9 Å². The van der Waals surface area contributed by atoms with Gasteiger partial charge in [-0.3, -0.25) is 13.9 Å². The molecular weight excluding hydrogens is 507 g/mol. The molecule has 7 nitrogen and oxygen atoms in total. The molecule has 0 aliphatic carbocycles. The lowest BCUT2D eigenvalue weighted by Crippen LogP contribution is -2.51. The number of halogens is 4. The van der Waals surface area contributed by atoms with Gasteiger partial charge in [-0.1, -0.05) is 42.8 Å². The van der Waals surface area contributed by atoms with Crippen LogP contribution in [0.2, 0.25) is 5.02 Å². The highest BCUT2D eigenvalue weighted by atomic mass is 35.5. The lowest BCUT2D eigenvalue weighted by atomic mass is 10.1. The molecule has 0 aromatic heterocycles. The summed E-state index contributed by atoms with van der Waals surface area (Å²) >= 11 is 6.06. The minimum Gasteiger partial charge on any atom is -0.357 e. The molecule has 0 saturated heterocycles. The largest absolute Gasteiger partial charge is 0.416 e. The van der Waals surface area contributed by atoms with E-state index in [1.165, 1.54) is 11.9 Å². The number of amides is 2. The van der Waals surface area contributed by atoms with Crippen molar-refractivity contribution in [2.45, 2.75) is 39.0 Å². The van der Waals surface area contributed by atoms with Crippen molar-refractivity contribution in [2.24, 2.45) is 0 Å². The summed E-state index contributed by atoms with van der Waals surface area (Å²) in [4.78, 5) is 27.2. The molecule has 35 heavy (non-hydrogen) atoms. The number of nitrogens with one attached hydrogen (secondary N) is 1. The first-order valence-corrected chi connectivity index (χ1v) is 12.8. The van der Waals surface area contributed by atoms with Crippen LogP contribution in [0.4, 0.5) is 18.9 Å². The van der Waals surface area contributed by atoms with Crippen molar-refractivity contribution in [1.82, 2.24) is 10.2 Å². The highest BCUT2D eigenvalue weighted by Crippen LogP contribution is 2.36. The molecule has 2 aromatic rings. The fraction of sp³-hybridized carbons (Fsp3) is 0.391. The number of nitrogens with zero attached hydrogens (tertiary/aromatic N) is 2. The number of benzene rings is 2. The van der Waals surface area contributed by atoms with Crippen molar-refractivity contribution >= 4 is 39.1 Å². The van der Waals surface area contributed by atoms with Crippen molar-refractivity contribution in [3.8, 4) is 0 Å². The van der Waals surface area contributed by atoms with Crippen molar-refractivity contribution in [3.63, 3.8) is 0 Å². The summed E-state index contributed by atoms with van der Waals surface area (Å²) in [5.74, 6) is -1.24. The molecule has 192 valence electrons. The van der Waals surface area contributed by atoms with Crippen molar-refractivity contribution in [1.29, 1.82) is 0 Å². The third-order valence-electron chi connectivity index (χ3n) is 5.46. The molecule has 0 aliphatic heterocycles. The average molecular weight is 534 g/mol. The fourth-order valence-electron chi connectivity index (χ4n) is 3.53. The van der Waals surface area contributed by atoms with Crippen molar-refractivity contribution in [3.05, 3.63) is 64.2 Å². The van der Waals surface area contributed by atoms with Crippen LogP contribution >= 0.6 is 11.6 Å². The summed E-state index contributed by atoms with van der Waals surface area (Å²) in [6.07, 6.45) is -3.77. The number of carbonyl (C=O) groups is 2. The predicted octanol–water partition coefficient (Wildman–Crippen LogP) is 3.99. The Morgan fingerprint density at radius 2 is 1.77 bits per heavy atom. The van der Waals surface area contributed by atoms with Crippen LogP contribution in [0.25, 0.3) is 0 Å². The number of aryl methyl sites for hydroxylation is 1. The number of rotatable bonds is 9. The molecule has 2 amide bonds. The maximum atomic E-state index is 13.5. The van der Waals surface area contributed by atoms with Gasteiger partial charge in [0.05, 0.1) is 22.5 Å². The molecule has 0 aliphatic rings. The highest BCUT2D eigenvalue weighted by molar-refractivity contribution is 7.92. The normalized spacial score (nSPS) is 12.7. The summed E-state index contributed by atoms with van der Waals surface area (Å²) in [7, 11) is -2.83. The number of carbonyl (C=O) groups excluding carboxylic acids is 2. The molecule has 2 aromatic carbocycles. The maximum absolute atomic E-state index is 13.5. The molecule has 0 saturated carbocycles. The van der Waals surface area contributed by atoms with Gasteiger partial charge in [-0.2, -0.15) is 13.2 Å². The molecule has 1 N–H and O–H groups in total. The molecule has 0 radical (unpaired) electrons. The van der Waals surface area contributed by atoms with Crippen LogP contribution in [-0.4, -0.2) is 51.0 Å². The molecular formula is C23H27ClF3N3O4S. The minimum absolute atomic E-state index is 0.00857. The molecule has 2 rings (SSSR count). The summed E-state index contributed by atoms with van der Waals surface area (Å²) in [6, 6.07) is 8.45. The third kappa shape index (κ3) is 7.11. The van der Waals surface area contributed by atoms with Crippen LogP contribution in [0.15, 0.2) is 42.5 Å². The van der Waals surface area contributed by atoms with Gasteiger partial charge >= 0.3 is 6.18 Å². The van der Waals surface area contributed by atoms with E-state index in [1.54, 1.807) is 19.1 Å². The number of anilines is 1. The second kappa shape index (κ2) is 11.3. The Hall–Kier alpha value is -2.79. The highest BCUT2D eigenvalue weighted by Gasteiger charge is 2.35. The Kier molecular flexibility index (Phi) is 9.18. The first-order chi connectivity index (χ1) is 16.2. The topological polar surface area (TPSA) is 86.8 Å². The molecule has 0 spiro atoms. The Morgan fingerprint density at radius 3 is 2.29 bits per heavy atom. The van der Waals surface area contributed by atoms with Gasteiger partial charge in [-0.15, -0.1) is 0 Å². The summed E-state index contributed by atoms with van der Waals surface area (Å²) < 4.78 is 65.5. The molecule has 1 atom stereocenters. The Morgan fingerprint density at radius 1 is 1.14 bits per heavy atom. The maximum Gasteiger partial charge on any atom is 0.416 e. The van der Waals surface area contributed by atoms with E-state index >= 15 is 0 Å². The van der Waals surface area contributed by atoms with Crippen LogP contribution in [0, 0.1) is 6.92 Å². The molecule has 12 heteroatoms. The van der Waals surface area contributed by atoms with E-state index in [0.717, 1.165) is 29.5 Å². The standard InChI is InChI=1S/C23H27ClF3N3O4S/c1-5-19(22(32)28-3)29(13-16-9-7-6-8-15(16)2)21(31)14-30(35(4,33)34)20-12-17(23(25,26)27)10-11-18(20)24/h6-12,19H,5,13-14H2,1-4H3,(H,28,32)/t19-/m0/s1. The van der Waals surface area contributed by atoms with Crippen LogP contribution in [-0.2, 0) is 32.3 Å². The molecule has 0 unspecified atom stereocenters. The quantitative estimate of drug-likeness (QED) is 0.528. The van der Waals surface area contributed by atoms with E-state index in [9.17, 15) is 31.2 Å². The van der Waals surface area contributed by atoms with E-state index in [1.807, 2.05) is 19.1 Å². The van der Waals surface area contributed by atoms with E-state index in [2.05, 4.69) is 5.32 Å². The van der Waals surface area contributed by atoms with Crippen LogP contribution < -0.4 is 9.62 Å². The number of alkyl halides is 3. The number of hydrogen-bond acceptors (Lipinski definition) is 4. The second-order valence-electron chi connectivity index (χ2n) is 7.92. The van der Waals surface area contributed by atoms with Gasteiger partial charge in [0.2, 0.25) is 21.8 Å². The van der Waals surface area contributed by atoms with Gasteiger partial charge in [0.15, 0.2) is 0 Å². The summed E-state index contributed by atoms with van der Waals surface area (Å²) in [5.41, 5.74) is -0.0307. The first kappa shape index (κ1) is 28.4. The minimum atomic E-state index is -4.75. The monoisotopic (exact) mass is 533 g/mol. The van der Waals surface area contributed by atoms with Gasteiger partial charge in [0.25, 0.3) is 0 Å². The Bertz CT molecular complexity index is 1190. The number of hydrogen-bond donors (Lipinski definition) is 1. The van der Waals surface area contributed by atoms with E-state index in [-0.39, 0.29) is 18.0 Å². The van der Waals surface area contributed by atoms with Gasteiger partial charge in [-0.05, 0) is 42.7 Å². The zero-order valence-corrected chi connectivity index (χ0v) is 21.3. The first-order valence-electron chi connectivity index (χ1n) is 10.6. The fourth-order valence-corrected chi connectivity index (χ4v) is 4.65. The summed E-state index contributed by atoms with van der Waals surface area (Å²) in [6.45, 7) is 2.66.